The van der Waals surface area contributed by atoms with Crippen LogP contribution in [0.25, 0.3) is 11.0 Å². The maximum atomic E-state index is 14.1. The van der Waals surface area contributed by atoms with Crippen molar-refractivity contribution in [1.29, 1.82) is 0 Å². The number of anilines is 1. The topological polar surface area (TPSA) is 83.8 Å². The van der Waals surface area contributed by atoms with E-state index in [1.165, 1.54) is 12.1 Å². The van der Waals surface area contributed by atoms with Crippen molar-refractivity contribution in [2.24, 2.45) is 5.73 Å². The molecule has 112 valence electrons. The van der Waals surface area contributed by atoms with Gasteiger partial charge in [0.05, 0.1) is 11.3 Å². The highest BCUT2D eigenvalue weighted by atomic mass is 19.1. The molecule has 3 aromatic rings. The maximum Gasteiger partial charge on any atom is 0.258 e. The lowest BCUT2D eigenvalue weighted by Crippen LogP contribution is -2.15. The van der Waals surface area contributed by atoms with E-state index in [1.807, 2.05) is 0 Å². The molecule has 0 saturated heterocycles. The van der Waals surface area contributed by atoms with Gasteiger partial charge in [-0.25, -0.2) is 9.37 Å². The summed E-state index contributed by atoms with van der Waals surface area (Å²) in [6.45, 7) is 1.76. The second-order valence-electron chi connectivity index (χ2n) is 5.08. The number of rotatable bonds is 3. The van der Waals surface area contributed by atoms with E-state index in [-0.39, 0.29) is 11.6 Å². The number of halogens is 1. The lowest BCUT2D eigenvalue weighted by molar-refractivity contribution is 0.102. The van der Waals surface area contributed by atoms with Crippen LogP contribution in [0, 0.1) is 5.82 Å². The van der Waals surface area contributed by atoms with Crippen molar-refractivity contribution < 1.29 is 9.18 Å². The van der Waals surface area contributed by atoms with Gasteiger partial charge >= 0.3 is 0 Å². The van der Waals surface area contributed by atoms with Gasteiger partial charge in [-0.1, -0.05) is 6.07 Å². The lowest BCUT2D eigenvalue weighted by atomic mass is 10.1. The van der Waals surface area contributed by atoms with Crippen molar-refractivity contribution in [1.82, 2.24) is 9.97 Å². The first-order valence-corrected chi connectivity index (χ1v) is 6.84. The van der Waals surface area contributed by atoms with E-state index in [0.717, 1.165) is 5.39 Å². The number of aromatic nitrogens is 2. The van der Waals surface area contributed by atoms with Crippen LogP contribution in [0.15, 0.2) is 42.7 Å². The Morgan fingerprint density at radius 2 is 2.18 bits per heavy atom. The van der Waals surface area contributed by atoms with E-state index in [9.17, 15) is 9.18 Å². The molecule has 3 rings (SSSR count). The Bertz CT molecular complexity index is 841. The van der Waals surface area contributed by atoms with E-state index in [2.05, 4.69) is 15.3 Å². The second-order valence-corrected chi connectivity index (χ2v) is 5.08. The van der Waals surface area contributed by atoms with Crippen molar-refractivity contribution in [3.05, 3.63) is 59.7 Å². The molecule has 0 spiro atoms. The van der Waals surface area contributed by atoms with Crippen LogP contribution in [-0.4, -0.2) is 15.9 Å². The number of benzene rings is 1. The summed E-state index contributed by atoms with van der Waals surface area (Å²) in [7, 11) is 0. The number of aromatic amines is 1. The zero-order valence-electron chi connectivity index (χ0n) is 11.9. The summed E-state index contributed by atoms with van der Waals surface area (Å²) in [6, 6.07) is 7.57. The Balaban J connectivity index is 1.90. The number of carbonyl (C=O) groups is 1. The van der Waals surface area contributed by atoms with Crippen molar-refractivity contribution in [2.45, 2.75) is 13.0 Å². The van der Waals surface area contributed by atoms with Crippen LogP contribution >= 0.6 is 0 Å². The minimum atomic E-state index is -0.591. The highest BCUT2D eigenvalue weighted by Crippen LogP contribution is 2.22. The van der Waals surface area contributed by atoms with Gasteiger partial charge in [-0.3, -0.25) is 4.79 Å². The van der Waals surface area contributed by atoms with Crippen molar-refractivity contribution in [2.75, 3.05) is 5.32 Å². The number of nitrogens with one attached hydrogen (secondary N) is 2. The lowest BCUT2D eigenvalue weighted by Gasteiger charge is -2.10. The Hall–Kier alpha value is -2.73. The minimum Gasteiger partial charge on any atom is -0.346 e. The van der Waals surface area contributed by atoms with Crippen molar-refractivity contribution in [3.8, 4) is 0 Å². The van der Waals surface area contributed by atoms with E-state index in [0.29, 0.717) is 16.9 Å². The van der Waals surface area contributed by atoms with Crippen LogP contribution < -0.4 is 11.1 Å². The first-order chi connectivity index (χ1) is 10.6. The SMILES string of the molecule is CC(N)c1ccc(C(=O)Nc2ccnc3[nH]ccc23)c(F)c1. The van der Waals surface area contributed by atoms with Crippen LogP contribution in [0.4, 0.5) is 10.1 Å². The van der Waals surface area contributed by atoms with Crippen LogP contribution in [0.3, 0.4) is 0 Å². The molecule has 2 heterocycles. The first-order valence-electron chi connectivity index (χ1n) is 6.84. The molecular formula is C16H15FN4O. The summed E-state index contributed by atoms with van der Waals surface area (Å²) >= 11 is 0. The molecule has 2 aromatic heterocycles. The molecule has 0 aliphatic carbocycles. The molecule has 0 radical (unpaired) electrons. The van der Waals surface area contributed by atoms with Gasteiger partial charge in [0, 0.05) is 23.8 Å². The van der Waals surface area contributed by atoms with Gasteiger partial charge in [0.25, 0.3) is 5.91 Å². The quantitative estimate of drug-likeness (QED) is 0.695. The summed E-state index contributed by atoms with van der Waals surface area (Å²) < 4.78 is 14.1. The van der Waals surface area contributed by atoms with Crippen LogP contribution in [-0.2, 0) is 0 Å². The molecular weight excluding hydrogens is 283 g/mol. The normalized spacial score (nSPS) is 12.3. The largest absolute Gasteiger partial charge is 0.346 e. The molecule has 4 N–H and O–H groups in total. The second kappa shape index (κ2) is 5.57. The molecule has 1 unspecified atom stereocenters. The molecule has 5 nitrogen and oxygen atoms in total. The number of pyridine rings is 1. The molecule has 6 heteroatoms. The summed E-state index contributed by atoms with van der Waals surface area (Å²) in [6.07, 6.45) is 3.30. The maximum absolute atomic E-state index is 14.1. The zero-order valence-corrected chi connectivity index (χ0v) is 11.9. The van der Waals surface area contributed by atoms with Crippen LogP contribution in [0.1, 0.15) is 28.9 Å². The number of fused-ring (bicyclic) bond motifs is 1. The third-order valence-electron chi connectivity index (χ3n) is 3.47. The van der Waals surface area contributed by atoms with Gasteiger partial charge in [-0.2, -0.15) is 0 Å². The molecule has 1 aromatic carbocycles. The highest BCUT2D eigenvalue weighted by Gasteiger charge is 2.15. The number of hydrogen-bond donors (Lipinski definition) is 3. The van der Waals surface area contributed by atoms with Crippen molar-refractivity contribution >= 4 is 22.6 Å². The first kappa shape index (κ1) is 14.2. The number of carbonyl (C=O) groups excluding carboxylic acids is 1. The molecule has 1 atom stereocenters. The Morgan fingerprint density at radius 1 is 1.36 bits per heavy atom. The van der Waals surface area contributed by atoms with Gasteiger partial charge in [-0.05, 0) is 36.8 Å². The molecule has 0 fully saturated rings. The molecule has 22 heavy (non-hydrogen) atoms. The number of nitrogens with two attached hydrogens (primary N) is 1. The Morgan fingerprint density at radius 3 is 2.91 bits per heavy atom. The van der Waals surface area contributed by atoms with Crippen molar-refractivity contribution in [3.63, 3.8) is 0 Å². The average molecular weight is 298 g/mol. The number of H-pyrrole nitrogens is 1. The van der Waals surface area contributed by atoms with Gasteiger partial charge in [0.15, 0.2) is 0 Å². The molecule has 1 amide bonds. The summed E-state index contributed by atoms with van der Waals surface area (Å²) in [5.74, 6) is -1.10. The summed E-state index contributed by atoms with van der Waals surface area (Å²) in [5.41, 5.74) is 7.56. The Kier molecular flexibility index (Phi) is 3.60. The van der Waals surface area contributed by atoms with Gasteiger partial charge in [-0.15, -0.1) is 0 Å². The molecule has 0 aliphatic rings. The van der Waals surface area contributed by atoms with Gasteiger partial charge < -0.3 is 16.0 Å². The molecule has 0 saturated carbocycles. The molecule has 0 aliphatic heterocycles. The third kappa shape index (κ3) is 2.56. The molecule has 0 bridgehead atoms. The summed E-state index contributed by atoms with van der Waals surface area (Å²) in [5, 5.41) is 3.47. The smallest absolute Gasteiger partial charge is 0.258 e. The van der Waals surface area contributed by atoms with E-state index in [4.69, 9.17) is 5.73 Å². The van der Waals surface area contributed by atoms with Gasteiger partial charge in [0.1, 0.15) is 11.5 Å². The van der Waals surface area contributed by atoms with Gasteiger partial charge in [0.2, 0.25) is 0 Å². The number of nitrogens with zero attached hydrogens (tertiary/aromatic N) is 1. The third-order valence-corrected chi connectivity index (χ3v) is 3.47. The fourth-order valence-corrected chi connectivity index (χ4v) is 2.26. The monoisotopic (exact) mass is 298 g/mol. The predicted molar refractivity (Wildman–Crippen MR) is 83.0 cm³/mol. The van der Waals surface area contributed by atoms with Crippen LogP contribution in [0.5, 0.6) is 0 Å². The minimum absolute atomic E-state index is 0.0232. The highest BCUT2D eigenvalue weighted by molar-refractivity contribution is 6.08. The zero-order chi connectivity index (χ0) is 15.7. The number of hydrogen-bond acceptors (Lipinski definition) is 3. The van der Waals surface area contributed by atoms with Crippen LogP contribution in [0.2, 0.25) is 0 Å². The fourth-order valence-electron chi connectivity index (χ4n) is 2.26. The fraction of sp³-hybridized carbons (Fsp3) is 0.125. The standard InChI is InChI=1S/C16H15FN4O/c1-9(18)10-2-3-11(13(17)8-10)16(22)21-14-5-7-20-15-12(14)4-6-19-15/h2-9H,18H2,1H3,(H2,19,20,21,22). The summed E-state index contributed by atoms with van der Waals surface area (Å²) in [4.78, 5) is 19.4. The van der Waals surface area contributed by atoms with E-state index >= 15 is 0 Å². The number of amides is 1. The van der Waals surface area contributed by atoms with E-state index in [1.54, 1.807) is 37.5 Å². The Labute approximate surface area is 126 Å². The predicted octanol–water partition coefficient (Wildman–Crippen LogP) is 2.97. The van der Waals surface area contributed by atoms with E-state index < -0.39 is 11.7 Å². The average Bonchev–Trinajstić information content (AvgIpc) is 2.96.